The molecule has 2 aliphatic rings. The highest BCUT2D eigenvalue weighted by Crippen LogP contribution is 2.65. The van der Waals surface area contributed by atoms with Gasteiger partial charge in [0.2, 0.25) is 11.4 Å². The number of hydrogen-bond acceptors (Lipinski definition) is 14. The van der Waals surface area contributed by atoms with Gasteiger partial charge < -0.3 is 37.8 Å². The fourth-order valence-corrected chi connectivity index (χ4v) is 11.5. The second-order valence-electron chi connectivity index (χ2n) is 10.6. The zero-order chi connectivity index (χ0) is 27.8. The van der Waals surface area contributed by atoms with Gasteiger partial charge >= 0.3 is 11.9 Å². The summed E-state index contributed by atoms with van der Waals surface area (Å²) in [5.41, 5.74) is -6.46. The molecule has 37 heavy (non-hydrogen) atoms. The van der Waals surface area contributed by atoms with Crippen LogP contribution in [0.15, 0.2) is 0 Å². The highest BCUT2D eigenvalue weighted by molar-refractivity contribution is 8.68. The minimum atomic E-state index is -2.48. The number of carbonyl (C=O) groups is 2. The first-order valence-corrected chi connectivity index (χ1v) is 20.2. The lowest BCUT2D eigenvalue weighted by Crippen LogP contribution is -2.41. The third kappa shape index (κ3) is 12.0. The van der Waals surface area contributed by atoms with Crippen LogP contribution in [0.25, 0.3) is 0 Å². The van der Waals surface area contributed by atoms with Crippen LogP contribution in [-0.4, -0.2) is 86.5 Å². The van der Waals surface area contributed by atoms with Gasteiger partial charge in [-0.05, 0) is 23.6 Å². The summed E-state index contributed by atoms with van der Waals surface area (Å²) in [6, 6.07) is 0. The number of ether oxygens (including phenoxy) is 2. The Balaban J connectivity index is 1.68. The van der Waals surface area contributed by atoms with Crippen LogP contribution < -0.4 is 0 Å². The number of aliphatic hydroxyl groups excluding tert-OH is 2. The number of aliphatic hydroxyl groups is 2. The maximum atomic E-state index is 12.2. The number of carbonyl (C=O) groups excluding carboxylic acids is 2. The number of esters is 2. The standard InChI is InChI=1S/C21H38O10P2S4/c1-19(2)11-28-32(34,29-12-19)36-7-5-17(24)26-15-21(9-22,10-23)16-27-18(25)6-8-37-33(35)30-13-20(3,4)14-31-33/h22-23H,5-16H2,1-4H3. The molecule has 0 saturated carbocycles. The number of rotatable bonds is 14. The first-order valence-electron chi connectivity index (χ1n) is 11.8. The van der Waals surface area contributed by atoms with E-state index in [1.807, 2.05) is 27.7 Å². The van der Waals surface area contributed by atoms with Gasteiger partial charge in [0.1, 0.15) is 13.2 Å². The van der Waals surface area contributed by atoms with Crippen molar-refractivity contribution in [1.82, 2.24) is 0 Å². The predicted molar refractivity (Wildman–Crippen MR) is 153 cm³/mol. The summed E-state index contributed by atoms with van der Waals surface area (Å²) in [7, 11) is 0. The van der Waals surface area contributed by atoms with E-state index in [2.05, 4.69) is 0 Å². The van der Waals surface area contributed by atoms with Crippen LogP contribution in [0.1, 0.15) is 40.5 Å². The summed E-state index contributed by atoms with van der Waals surface area (Å²) in [5.74, 6) is -0.356. The van der Waals surface area contributed by atoms with E-state index in [0.717, 1.165) is 0 Å². The Morgan fingerprint density at radius 2 is 1.11 bits per heavy atom. The molecule has 2 heterocycles. The minimum Gasteiger partial charge on any atom is -0.465 e. The van der Waals surface area contributed by atoms with Crippen molar-refractivity contribution < 1.29 is 47.4 Å². The zero-order valence-corrected chi connectivity index (χ0v) is 26.7. The Morgan fingerprint density at radius 1 is 0.784 bits per heavy atom. The normalized spacial score (nSPS) is 22.2. The molecule has 10 nitrogen and oxygen atoms in total. The highest BCUT2D eigenvalue weighted by atomic mass is 32.9. The average Bonchev–Trinajstić information content (AvgIpc) is 2.84. The van der Waals surface area contributed by atoms with Crippen LogP contribution in [-0.2, 0) is 60.8 Å². The molecule has 2 aliphatic heterocycles. The largest absolute Gasteiger partial charge is 0.465 e. The van der Waals surface area contributed by atoms with Gasteiger partial charge in [-0.2, -0.15) is 0 Å². The molecule has 16 heteroatoms. The molecule has 0 radical (unpaired) electrons. The molecule has 0 spiro atoms. The minimum absolute atomic E-state index is 0.0520. The second-order valence-corrected chi connectivity index (χ2v) is 23.5. The van der Waals surface area contributed by atoms with Gasteiger partial charge in [0.25, 0.3) is 0 Å². The van der Waals surface area contributed by atoms with Crippen molar-refractivity contribution in [2.45, 2.75) is 40.5 Å². The van der Waals surface area contributed by atoms with E-state index in [-0.39, 0.29) is 36.9 Å². The molecule has 0 aliphatic carbocycles. The maximum absolute atomic E-state index is 12.2. The molecule has 0 aromatic heterocycles. The van der Waals surface area contributed by atoms with Crippen molar-refractivity contribution in [3.8, 4) is 0 Å². The van der Waals surface area contributed by atoms with Gasteiger partial charge in [0.05, 0.1) is 57.9 Å². The highest BCUT2D eigenvalue weighted by Gasteiger charge is 2.36. The van der Waals surface area contributed by atoms with Gasteiger partial charge in [0.15, 0.2) is 0 Å². The molecule has 0 unspecified atom stereocenters. The van der Waals surface area contributed by atoms with Crippen LogP contribution in [0.2, 0.25) is 0 Å². The van der Waals surface area contributed by atoms with Crippen molar-refractivity contribution in [3.05, 3.63) is 0 Å². The van der Waals surface area contributed by atoms with E-state index in [0.29, 0.717) is 37.9 Å². The smallest absolute Gasteiger partial charge is 0.306 e. The Morgan fingerprint density at radius 3 is 1.41 bits per heavy atom. The van der Waals surface area contributed by atoms with Gasteiger partial charge in [0, 0.05) is 22.3 Å². The van der Waals surface area contributed by atoms with Gasteiger partial charge in [-0.15, -0.1) is 0 Å². The van der Waals surface area contributed by atoms with E-state index in [1.165, 1.54) is 22.8 Å². The Labute approximate surface area is 237 Å². The predicted octanol–water partition coefficient (Wildman–Crippen LogP) is 3.89. The first kappa shape index (κ1) is 33.9. The van der Waals surface area contributed by atoms with E-state index in [1.54, 1.807) is 0 Å². The summed E-state index contributed by atoms with van der Waals surface area (Å²) in [4.78, 5) is 24.5. The molecule has 2 N–H and O–H groups in total. The second kappa shape index (κ2) is 14.5. The van der Waals surface area contributed by atoms with Crippen molar-refractivity contribution in [2.24, 2.45) is 16.2 Å². The van der Waals surface area contributed by atoms with Gasteiger partial charge in [-0.3, -0.25) is 9.59 Å². The molecule has 0 amide bonds. The Bertz CT molecular complexity index is 787. The molecule has 0 aromatic rings. The van der Waals surface area contributed by atoms with Gasteiger partial charge in [-0.25, -0.2) is 0 Å². The van der Waals surface area contributed by atoms with Crippen molar-refractivity contribution in [2.75, 3.05) is 64.4 Å². The van der Waals surface area contributed by atoms with Crippen LogP contribution in [0, 0.1) is 16.2 Å². The van der Waals surface area contributed by atoms with E-state index < -0.39 is 42.0 Å². The lowest BCUT2D eigenvalue weighted by Gasteiger charge is -2.35. The third-order valence-electron chi connectivity index (χ3n) is 5.31. The topological polar surface area (TPSA) is 130 Å². The van der Waals surface area contributed by atoms with Crippen LogP contribution in [0.3, 0.4) is 0 Å². The molecule has 216 valence electrons. The van der Waals surface area contributed by atoms with E-state index >= 15 is 0 Å². The summed E-state index contributed by atoms with van der Waals surface area (Å²) in [5, 5.41) is 19.6. The molecule has 0 atom stereocenters. The maximum Gasteiger partial charge on any atom is 0.306 e. The SMILES string of the molecule is CC1(C)COP(=S)(SCCC(=O)OCC(CO)(CO)COC(=O)CCSP2(=S)OCC(C)(C)CO2)OC1. The summed E-state index contributed by atoms with van der Waals surface area (Å²) in [6.45, 7) is 8.43. The molecular formula is C21H38O10P2S4. The zero-order valence-electron chi connectivity index (χ0n) is 21.7. The fraction of sp³-hybridized carbons (Fsp3) is 0.905. The monoisotopic (exact) mass is 640 g/mol. The Hall–Kier alpha value is 0.700. The summed E-state index contributed by atoms with van der Waals surface area (Å²) < 4.78 is 33.4. The van der Waals surface area contributed by atoms with Crippen LogP contribution >= 0.6 is 34.2 Å². The molecule has 2 saturated heterocycles. The first-order chi connectivity index (χ1) is 17.2. The van der Waals surface area contributed by atoms with E-state index in [9.17, 15) is 19.8 Å². The lowest BCUT2D eigenvalue weighted by atomic mass is 9.92. The van der Waals surface area contributed by atoms with Crippen LogP contribution in [0.4, 0.5) is 0 Å². The van der Waals surface area contributed by atoms with Crippen molar-refractivity contribution in [3.63, 3.8) is 0 Å². The average molecular weight is 641 g/mol. The molecule has 2 rings (SSSR count). The molecule has 2 fully saturated rings. The van der Waals surface area contributed by atoms with Crippen LogP contribution in [0.5, 0.6) is 0 Å². The van der Waals surface area contributed by atoms with Gasteiger partial charge in [-0.1, -0.05) is 50.5 Å². The quantitative estimate of drug-likeness (QED) is 0.210. The Kier molecular flexibility index (Phi) is 13.3. The summed E-state index contributed by atoms with van der Waals surface area (Å²) >= 11 is 13.5. The van der Waals surface area contributed by atoms with E-state index in [4.69, 9.17) is 51.2 Å². The summed E-state index contributed by atoms with van der Waals surface area (Å²) in [6.07, 6.45) is 0.104. The third-order valence-corrected chi connectivity index (χ3v) is 15.9. The number of hydrogen-bond donors (Lipinski definition) is 2. The fourth-order valence-electron chi connectivity index (χ4n) is 2.69. The molecule has 0 bridgehead atoms. The molecular weight excluding hydrogens is 602 g/mol. The van der Waals surface area contributed by atoms with Crippen molar-refractivity contribution in [1.29, 1.82) is 0 Å². The molecule has 0 aromatic carbocycles. The van der Waals surface area contributed by atoms with Crippen molar-refractivity contribution >= 4 is 69.7 Å². The lowest BCUT2D eigenvalue weighted by molar-refractivity contribution is -0.158.